The Balaban J connectivity index is 1.55. The van der Waals surface area contributed by atoms with E-state index in [0.717, 1.165) is 15.6 Å². The Labute approximate surface area is 202 Å². The van der Waals surface area contributed by atoms with Crippen LogP contribution in [0.5, 0.6) is 0 Å². The number of rotatable bonds is 12. The Bertz CT molecular complexity index is 887. The van der Waals surface area contributed by atoms with Crippen molar-refractivity contribution >= 4 is 40.7 Å². The van der Waals surface area contributed by atoms with Gasteiger partial charge in [0.1, 0.15) is 12.6 Å². The Kier molecular flexibility index (Phi) is 11.0. The van der Waals surface area contributed by atoms with E-state index in [1.807, 2.05) is 5.38 Å². The number of nitrogens with one attached hydrogen (secondary N) is 3. The summed E-state index contributed by atoms with van der Waals surface area (Å²) >= 11 is 3.01. The van der Waals surface area contributed by atoms with Crippen molar-refractivity contribution in [3.05, 3.63) is 32.7 Å². The molecule has 12 heteroatoms. The molecule has 0 aromatic carbocycles. The first-order valence-electron chi connectivity index (χ1n) is 10.8. The molecule has 3 N–H and O–H groups in total. The van der Waals surface area contributed by atoms with Crippen LogP contribution in [0.25, 0.3) is 0 Å². The third-order valence-electron chi connectivity index (χ3n) is 4.54. The van der Waals surface area contributed by atoms with Gasteiger partial charge in [-0.3, -0.25) is 9.78 Å². The summed E-state index contributed by atoms with van der Waals surface area (Å²) in [6.45, 7) is 7.27. The summed E-state index contributed by atoms with van der Waals surface area (Å²) in [6.07, 6.45) is 2.55. The number of unbranched alkanes of at least 4 members (excludes halogenated alkanes) is 1. The minimum absolute atomic E-state index is 0.202. The van der Waals surface area contributed by atoms with Gasteiger partial charge in [0.15, 0.2) is 0 Å². The highest BCUT2D eigenvalue weighted by Gasteiger charge is 2.18. The van der Waals surface area contributed by atoms with Crippen molar-refractivity contribution in [1.29, 1.82) is 0 Å². The smallest absolute Gasteiger partial charge is 0.407 e. The van der Waals surface area contributed by atoms with Gasteiger partial charge in [0, 0.05) is 37.6 Å². The highest BCUT2D eigenvalue weighted by Crippen LogP contribution is 2.19. The van der Waals surface area contributed by atoms with Crippen LogP contribution >= 0.6 is 22.7 Å². The molecule has 0 aliphatic heterocycles. The van der Waals surface area contributed by atoms with E-state index in [2.05, 4.69) is 39.8 Å². The molecule has 0 spiro atoms. The maximum atomic E-state index is 12.4. The monoisotopic (exact) mass is 496 g/mol. The van der Waals surface area contributed by atoms with E-state index in [-0.39, 0.29) is 18.5 Å². The normalized spacial score (nSPS) is 11.7. The standard InChI is InChI=1S/C21H32N6O4S2/c1-14(2)19-26-16(12-32-19)10-27(4)20(29)25-15(3)18(28)23-7-5-6-8-24-21(30)31-11-17-9-22-13-33-17/h9,12-15H,5-8,10-11H2,1-4H3,(H,23,28)(H,24,30)(H,25,29)/t15-/m0/s1. The highest BCUT2D eigenvalue weighted by atomic mass is 32.1. The zero-order valence-electron chi connectivity index (χ0n) is 19.4. The molecule has 182 valence electrons. The summed E-state index contributed by atoms with van der Waals surface area (Å²) in [4.78, 5) is 47.0. The van der Waals surface area contributed by atoms with Crippen LogP contribution in [0, 0.1) is 0 Å². The van der Waals surface area contributed by atoms with Gasteiger partial charge in [0.05, 0.1) is 27.6 Å². The number of ether oxygens (including phenoxy) is 1. The van der Waals surface area contributed by atoms with Crippen LogP contribution in [0.3, 0.4) is 0 Å². The fraction of sp³-hybridized carbons (Fsp3) is 0.571. The first kappa shape index (κ1) is 26.5. The number of hydrogen-bond acceptors (Lipinski definition) is 8. The molecule has 0 aliphatic carbocycles. The fourth-order valence-corrected chi connectivity index (χ4v) is 3.97. The van der Waals surface area contributed by atoms with Gasteiger partial charge in [-0.15, -0.1) is 22.7 Å². The average molecular weight is 497 g/mol. The van der Waals surface area contributed by atoms with Gasteiger partial charge in [-0.05, 0) is 19.8 Å². The quantitative estimate of drug-likeness (QED) is 0.388. The summed E-state index contributed by atoms with van der Waals surface area (Å²) in [5, 5.41) is 11.1. The van der Waals surface area contributed by atoms with Crippen LogP contribution < -0.4 is 16.0 Å². The van der Waals surface area contributed by atoms with E-state index in [4.69, 9.17) is 4.74 Å². The van der Waals surface area contributed by atoms with Gasteiger partial charge in [-0.1, -0.05) is 13.8 Å². The minimum Gasteiger partial charge on any atom is -0.444 e. The molecule has 0 aliphatic rings. The number of thiazole rings is 2. The number of urea groups is 1. The predicted octanol–water partition coefficient (Wildman–Crippen LogP) is 3.08. The number of aromatic nitrogens is 2. The number of hydrogen-bond donors (Lipinski definition) is 3. The van der Waals surface area contributed by atoms with Crippen LogP contribution in [0.4, 0.5) is 9.59 Å². The first-order valence-corrected chi connectivity index (χ1v) is 12.5. The second-order valence-electron chi connectivity index (χ2n) is 7.83. The fourth-order valence-electron chi connectivity index (χ4n) is 2.64. The van der Waals surface area contributed by atoms with E-state index in [9.17, 15) is 14.4 Å². The largest absolute Gasteiger partial charge is 0.444 e. The van der Waals surface area contributed by atoms with Gasteiger partial charge in [-0.2, -0.15) is 0 Å². The molecule has 0 bridgehead atoms. The second-order valence-corrected chi connectivity index (χ2v) is 9.69. The first-order chi connectivity index (χ1) is 15.8. The lowest BCUT2D eigenvalue weighted by molar-refractivity contribution is -0.122. The molecule has 0 unspecified atom stereocenters. The Hall–Kier alpha value is -2.73. The number of carbonyl (C=O) groups excluding carboxylic acids is 3. The molecule has 0 radical (unpaired) electrons. The van der Waals surface area contributed by atoms with E-state index < -0.39 is 12.1 Å². The summed E-state index contributed by atoms with van der Waals surface area (Å²) in [7, 11) is 1.67. The second kappa shape index (κ2) is 13.7. The summed E-state index contributed by atoms with van der Waals surface area (Å²) < 4.78 is 5.07. The van der Waals surface area contributed by atoms with Crippen molar-refractivity contribution in [1.82, 2.24) is 30.8 Å². The SMILES string of the molecule is CC(C)c1nc(CN(C)C(=O)N[C@@H](C)C(=O)NCCCCNC(=O)OCc2cncs2)cs1. The number of nitrogens with zero attached hydrogens (tertiary/aromatic N) is 3. The minimum atomic E-state index is -0.665. The molecule has 10 nitrogen and oxygen atoms in total. The van der Waals surface area contributed by atoms with E-state index >= 15 is 0 Å². The highest BCUT2D eigenvalue weighted by molar-refractivity contribution is 7.09. The van der Waals surface area contributed by atoms with Crippen LogP contribution in [-0.4, -0.2) is 59.1 Å². The Morgan fingerprint density at radius 2 is 1.85 bits per heavy atom. The topological polar surface area (TPSA) is 126 Å². The number of amides is 4. The van der Waals surface area contributed by atoms with E-state index in [1.165, 1.54) is 16.2 Å². The maximum absolute atomic E-state index is 12.4. The molecule has 2 heterocycles. The molecule has 2 aromatic heterocycles. The number of alkyl carbamates (subject to hydrolysis) is 1. The average Bonchev–Trinajstić information content (AvgIpc) is 3.46. The molecule has 33 heavy (non-hydrogen) atoms. The van der Waals surface area contributed by atoms with Gasteiger partial charge in [0.25, 0.3) is 0 Å². The van der Waals surface area contributed by atoms with Crippen molar-refractivity contribution in [2.75, 3.05) is 20.1 Å². The van der Waals surface area contributed by atoms with Gasteiger partial charge in [-0.25, -0.2) is 14.6 Å². The zero-order chi connectivity index (χ0) is 24.2. The maximum Gasteiger partial charge on any atom is 0.407 e. The van der Waals surface area contributed by atoms with Gasteiger partial charge < -0.3 is 25.6 Å². The van der Waals surface area contributed by atoms with E-state index in [0.29, 0.717) is 38.4 Å². The molecule has 0 saturated heterocycles. The van der Waals surface area contributed by atoms with Crippen molar-refractivity contribution in [3.8, 4) is 0 Å². The van der Waals surface area contributed by atoms with Gasteiger partial charge >= 0.3 is 12.1 Å². The third kappa shape index (κ3) is 9.74. The Morgan fingerprint density at radius 1 is 1.12 bits per heavy atom. The van der Waals surface area contributed by atoms with Crippen LogP contribution in [0.1, 0.15) is 55.1 Å². The van der Waals surface area contributed by atoms with Crippen molar-refractivity contribution in [2.24, 2.45) is 0 Å². The molecule has 2 rings (SSSR count). The number of carbonyl (C=O) groups is 3. The van der Waals surface area contributed by atoms with Crippen LogP contribution in [0.15, 0.2) is 17.1 Å². The zero-order valence-corrected chi connectivity index (χ0v) is 21.1. The molecule has 1 atom stereocenters. The lowest BCUT2D eigenvalue weighted by atomic mass is 10.2. The van der Waals surface area contributed by atoms with E-state index in [1.54, 1.807) is 37.0 Å². The Morgan fingerprint density at radius 3 is 2.48 bits per heavy atom. The molecule has 4 amide bonds. The summed E-state index contributed by atoms with van der Waals surface area (Å²) in [6, 6.07) is -1.00. The molecule has 2 aromatic rings. The van der Waals surface area contributed by atoms with Crippen LogP contribution in [-0.2, 0) is 22.7 Å². The summed E-state index contributed by atoms with van der Waals surface area (Å²) in [5.41, 5.74) is 2.51. The lowest BCUT2D eigenvalue weighted by Crippen LogP contribution is -2.48. The molecular weight excluding hydrogens is 464 g/mol. The third-order valence-corrected chi connectivity index (χ3v) is 6.49. The van der Waals surface area contributed by atoms with Gasteiger partial charge in [0.2, 0.25) is 5.91 Å². The molecular formula is C21H32N6O4S2. The van der Waals surface area contributed by atoms with Crippen molar-refractivity contribution < 1.29 is 19.1 Å². The van der Waals surface area contributed by atoms with Crippen molar-refractivity contribution in [3.63, 3.8) is 0 Å². The van der Waals surface area contributed by atoms with Crippen molar-refractivity contribution in [2.45, 2.75) is 58.7 Å². The molecule has 0 saturated carbocycles. The lowest BCUT2D eigenvalue weighted by Gasteiger charge is -2.20. The summed E-state index contributed by atoms with van der Waals surface area (Å²) in [5.74, 6) is 0.0924. The predicted molar refractivity (Wildman–Crippen MR) is 128 cm³/mol. The molecule has 0 fully saturated rings. The van der Waals surface area contributed by atoms with Crippen LogP contribution in [0.2, 0.25) is 0 Å².